The number of aryl methyl sites for hydroxylation is 1. The van der Waals surface area contributed by atoms with Gasteiger partial charge in [-0.2, -0.15) is 0 Å². The molecule has 0 saturated carbocycles. The van der Waals surface area contributed by atoms with E-state index in [9.17, 15) is 14.0 Å². The van der Waals surface area contributed by atoms with Crippen LogP contribution in [0.3, 0.4) is 0 Å². The number of rotatable bonds is 5. The van der Waals surface area contributed by atoms with Crippen molar-refractivity contribution < 1.29 is 14.0 Å². The highest BCUT2D eigenvalue weighted by Crippen LogP contribution is 2.17. The Morgan fingerprint density at radius 1 is 1.26 bits per heavy atom. The molecule has 0 aliphatic carbocycles. The highest BCUT2D eigenvalue weighted by atomic mass is 35.5. The van der Waals surface area contributed by atoms with Crippen LogP contribution >= 0.6 is 11.6 Å². The van der Waals surface area contributed by atoms with Crippen LogP contribution in [0.5, 0.6) is 0 Å². The summed E-state index contributed by atoms with van der Waals surface area (Å²) in [6.07, 6.45) is 2.90. The fourth-order valence-corrected chi connectivity index (χ4v) is 1.94. The molecular weight excluding hydrogens is 323 g/mol. The average Bonchev–Trinajstić information content (AvgIpc) is 2.55. The van der Waals surface area contributed by atoms with Crippen molar-refractivity contribution in [3.63, 3.8) is 0 Å². The molecule has 120 valence electrons. The Bertz CT molecular complexity index is 722. The van der Waals surface area contributed by atoms with Crippen LogP contribution in [-0.2, 0) is 11.2 Å². The quantitative estimate of drug-likeness (QED) is 0.876. The number of aromatic nitrogens is 2. The van der Waals surface area contributed by atoms with Gasteiger partial charge in [0.15, 0.2) is 0 Å². The molecule has 0 aliphatic rings. The number of benzene rings is 1. The van der Waals surface area contributed by atoms with Crippen LogP contribution in [0.1, 0.15) is 22.5 Å². The van der Waals surface area contributed by atoms with Crippen LogP contribution in [-0.4, -0.2) is 28.8 Å². The number of nitrogens with zero attached hydrogens (tertiary/aromatic N) is 2. The SMILES string of the molecule is CNC(=O)CCc1cc(NC(=O)c2cnc(Cl)cn2)ccc1F. The lowest BCUT2D eigenvalue weighted by molar-refractivity contribution is -0.120. The Labute approximate surface area is 137 Å². The van der Waals surface area contributed by atoms with Crippen LogP contribution < -0.4 is 10.6 Å². The van der Waals surface area contributed by atoms with Gasteiger partial charge < -0.3 is 10.6 Å². The maximum Gasteiger partial charge on any atom is 0.275 e. The van der Waals surface area contributed by atoms with E-state index in [4.69, 9.17) is 11.6 Å². The second-order valence-electron chi connectivity index (χ2n) is 4.66. The number of nitrogens with one attached hydrogen (secondary N) is 2. The molecule has 0 aliphatic heterocycles. The molecule has 2 rings (SSSR count). The molecular formula is C15H14ClFN4O2. The van der Waals surface area contributed by atoms with Gasteiger partial charge in [-0.15, -0.1) is 0 Å². The van der Waals surface area contributed by atoms with Gasteiger partial charge in [-0.3, -0.25) is 9.59 Å². The van der Waals surface area contributed by atoms with Gasteiger partial charge in [0.25, 0.3) is 5.91 Å². The number of carbonyl (C=O) groups is 2. The van der Waals surface area contributed by atoms with Crippen molar-refractivity contribution in [3.8, 4) is 0 Å². The van der Waals surface area contributed by atoms with Crippen molar-refractivity contribution in [1.29, 1.82) is 0 Å². The predicted octanol–water partition coefficient (Wildman–Crippen LogP) is 2.20. The van der Waals surface area contributed by atoms with Crippen molar-refractivity contribution in [2.45, 2.75) is 12.8 Å². The first kappa shape index (κ1) is 16.8. The molecule has 8 heteroatoms. The molecule has 0 spiro atoms. The highest BCUT2D eigenvalue weighted by Gasteiger charge is 2.11. The third-order valence-electron chi connectivity index (χ3n) is 3.06. The van der Waals surface area contributed by atoms with Gasteiger partial charge in [-0.25, -0.2) is 14.4 Å². The summed E-state index contributed by atoms with van der Waals surface area (Å²) >= 11 is 5.61. The molecule has 0 atom stereocenters. The predicted molar refractivity (Wildman–Crippen MR) is 83.8 cm³/mol. The Morgan fingerprint density at radius 2 is 2.04 bits per heavy atom. The van der Waals surface area contributed by atoms with Crippen LogP contribution in [0.15, 0.2) is 30.6 Å². The smallest absolute Gasteiger partial charge is 0.275 e. The molecule has 1 heterocycles. The molecule has 6 nitrogen and oxygen atoms in total. The van der Waals surface area contributed by atoms with Crippen molar-refractivity contribution in [2.24, 2.45) is 0 Å². The first-order chi connectivity index (χ1) is 11.0. The van der Waals surface area contributed by atoms with Gasteiger partial charge in [0.2, 0.25) is 5.91 Å². The van der Waals surface area contributed by atoms with E-state index in [0.717, 1.165) is 0 Å². The summed E-state index contributed by atoms with van der Waals surface area (Å²) in [5.41, 5.74) is 0.833. The zero-order chi connectivity index (χ0) is 16.8. The van der Waals surface area contributed by atoms with Gasteiger partial charge in [0.1, 0.15) is 16.7 Å². The molecule has 2 aromatic rings. The summed E-state index contributed by atoms with van der Waals surface area (Å²) in [5, 5.41) is 5.25. The summed E-state index contributed by atoms with van der Waals surface area (Å²) in [6, 6.07) is 4.15. The maximum absolute atomic E-state index is 13.7. The van der Waals surface area contributed by atoms with Crippen LogP contribution in [0.2, 0.25) is 5.15 Å². The average molecular weight is 337 g/mol. The van der Waals surface area contributed by atoms with Crippen LogP contribution in [0.4, 0.5) is 10.1 Å². The molecule has 0 bridgehead atoms. The summed E-state index contributed by atoms with van der Waals surface area (Å²) < 4.78 is 13.7. The Balaban J connectivity index is 2.09. The number of anilines is 1. The fourth-order valence-electron chi connectivity index (χ4n) is 1.84. The number of hydrogen-bond acceptors (Lipinski definition) is 4. The first-order valence-corrected chi connectivity index (χ1v) is 7.15. The van der Waals surface area contributed by atoms with Gasteiger partial charge in [-0.05, 0) is 30.2 Å². The highest BCUT2D eigenvalue weighted by molar-refractivity contribution is 6.29. The van der Waals surface area contributed by atoms with Gasteiger partial charge in [0, 0.05) is 19.2 Å². The van der Waals surface area contributed by atoms with Crippen molar-refractivity contribution >= 4 is 29.1 Å². The molecule has 1 aromatic carbocycles. The standard InChI is InChI=1S/C15H14ClFN4O2/c1-18-14(22)5-2-9-6-10(3-4-11(9)17)21-15(23)12-7-20-13(16)8-19-12/h3-4,6-8H,2,5H2,1H3,(H,18,22)(H,21,23). The lowest BCUT2D eigenvalue weighted by Gasteiger charge is -2.08. The lowest BCUT2D eigenvalue weighted by atomic mass is 10.1. The summed E-state index contributed by atoms with van der Waals surface area (Å²) in [4.78, 5) is 30.9. The van der Waals surface area contributed by atoms with E-state index in [1.54, 1.807) is 0 Å². The molecule has 0 radical (unpaired) electrons. The number of amides is 2. The second kappa shape index (κ2) is 7.64. The number of hydrogen-bond donors (Lipinski definition) is 2. The second-order valence-corrected chi connectivity index (χ2v) is 5.05. The van der Waals surface area contributed by atoms with E-state index in [0.29, 0.717) is 11.3 Å². The van der Waals surface area contributed by atoms with Crippen LogP contribution in [0, 0.1) is 5.82 Å². The van der Waals surface area contributed by atoms with E-state index in [-0.39, 0.29) is 29.6 Å². The summed E-state index contributed by atoms with van der Waals surface area (Å²) in [5.74, 6) is -1.11. The minimum absolute atomic E-state index is 0.0886. The Morgan fingerprint density at radius 3 is 2.70 bits per heavy atom. The third kappa shape index (κ3) is 4.72. The van der Waals surface area contributed by atoms with E-state index in [1.165, 1.54) is 37.6 Å². The molecule has 2 N–H and O–H groups in total. The van der Waals surface area contributed by atoms with Gasteiger partial charge >= 0.3 is 0 Å². The van der Waals surface area contributed by atoms with Crippen molar-refractivity contribution in [3.05, 3.63) is 52.8 Å². The first-order valence-electron chi connectivity index (χ1n) is 6.77. The molecule has 2 amide bonds. The molecule has 0 unspecified atom stereocenters. The van der Waals surface area contributed by atoms with Crippen LogP contribution in [0.25, 0.3) is 0 Å². The topological polar surface area (TPSA) is 84.0 Å². The summed E-state index contributed by atoms with van der Waals surface area (Å²) in [7, 11) is 1.52. The Kier molecular flexibility index (Phi) is 5.59. The third-order valence-corrected chi connectivity index (χ3v) is 3.25. The monoisotopic (exact) mass is 336 g/mol. The maximum atomic E-state index is 13.7. The van der Waals surface area contributed by atoms with Crippen molar-refractivity contribution in [2.75, 3.05) is 12.4 Å². The molecule has 1 aromatic heterocycles. The molecule has 0 fully saturated rings. The molecule has 23 heavy (non-hydrogen) atoms. The van der Waals surface area contributed by atoms with Gasteiger partial charge in [-0.1, -0.05) is 11.6 Å². The Hall–Kier alpha value is -2.54. The van der Waals surface area contributed by atoms with E-state index < -0.39 is 11.7 Å². The minimum Gasteiger partial charge on any atom is -0.359 e. The fraction of sp³-hybridized carbons (Fsp3) is 0.200. The number of carbonyl (C=O) groups excluding carboxylic acids is 2. The zero-order valence-electron chi connectivity index (χ0n) is 12.3. The van der Waals surface area contributed by atoms with Crippen molar-refractivity contribution in [1.82, 2.24) is 15.3 Å². The largest absolute Gasteiger partial charge is 0.359 e. The van der Waals surface area contributed by atoms with E-state index in [1.807, 2.05) is 0 Å². The minimum atomic E-state index is -0.488. The zero-order valence-corrected chi connectivity index (χ0v) is 13.0. The van der Waals surface area contributed by atoms with E-state index in [2.05, 4.69) is 20.6 Å². The lowest BCUT2D eigenvalue weighted by Crippen LogP contribution is -2.18. The van der Waals surface area contributed by atoms with E-state index >= 15 is 0 Å². The normalized spacial score (nSPS) is 10.2. The number of halogens is 2. The van der Waals surface area contributed by atoms with Gasteiger partial charge in [0.05, 0.1) is 12.4 Å². The molecule has 0 saturated heterocycles. The summed E-state index contributed by atoms with van der Waals surface area (Å²) in [6.45, 7) is 0.